The fourth-order valence-electron chi connectivity index (χ4n) is 2.87. The average molecular weight is 289 g/mol. The molecule has 1 aliphatic carbocycles. The lowest BCUT2D eigenvalue weighted by Gasteiger charge is -2.33. The third-order valence-corrected chi connectivity index (χ3v) is 4.65. The van der Waals surface area contributed by atoms with Gasteiger partial charge in [-0.15, -0.1) is 0 Å². The Hall–Kier alpha value is -1.84. The number of aliphatic carboxylic acids is 1. The van der Waals surface area contributed by atoms with E-state index in [-0.39, 0.29) is 11.8 Å². The molecule has 0 heterocycles. The average Bonchev–Trinajstić information content (AvgIpc) is 2.46. The van der Waals surface area contributed by atoms with E-state index in [1.165, 1.54) is 16.0 Å². The lowest BCUT2D eigenvalue weighted by Crippen LogP contribution is -2.51. The van der Waals surface area contributed by atoms with Crippen LogP contribution in [-0.4, -0.2) is 34.5 Å². The van der Waals surface area contributed by atoms with Crippen LogP contribution in [0.2, 0.25) is 0 Å². The van der Waals surface area contributed by atoms with Crippen LogP contribution in [-0.2, 0) is 16.0 Å². The molecule has 0 radical (unpaired) electrons. The van der Waals surface area contributed by atoms with E-state index in [2.05, 4.69) is 12.1 Å². The van der Waals surface area contributed by atoms with Crippen molar-refractivity contribution in [3.8, 4) is 0 Å². The highest BCUT2D eigenvalue weighted by molar-refractivity contribution is 5.86. The highest BCUT2D eigenvalue weighted by Gasteiger charge is 2.36. The monoisotopic (exact) mass is 289 g/mol. The third-order valence-electron chi connectivity index (χ3n) is 4.65. The van der Waals surface area contributed by atoms with Gasteiger partial charge in [0.2, 0.25) is 5.91 Å². The normalized spacial score (nSPS) is 18.0. The fourth-order valence-corrected chi connectivity index (χ4v) is 2.87. The largest absolute Gasteiger partial charge is 0.480 e. The van der Waals surface area contributed by atoms with Crippen molar-refractivity contribution in [1.82, 2.24) is 4.90 Å². The molecule has 1 amide bonds. The fraction of sp³-hybridized carbons (Fsp3) is 0.529. The van der Waals surface area contributed by atoms with Crippen molar-refractivity contribution in [2.24, 2.45) is 0 Å². The molecule has 0 spiro atoms. The number of carbonyl (C=O) groups excluding carboxylic acids is 1. The van der Waals surface area contributed by atoms with E-state index < -0.39 is 11.5 Å². The number of hydrogen-bond donors (Lipinski definition) is 1. The van der Waals surface area contributed by atoms with Gasteiger partial charge in [-0.2, -0.15) is 0 Å². The number of rotatable bonds is 4. The Morgan fingerprint density at radius 3 is 2.67 bits per heavy atom. The standard InChI is InChI=1S/C17H23NO3/c1-17(2,16(20)21)18(3)15(19)11-13-9-6-8-12-7-4-5-10-14(12)13/h4-5,7,10,13H,6,8-9,11H2,1-3H3,(H,20,21). The van der Waals surface area contributed by atoms with Crippen LogP contribution in [0.3, 0.4) is 0 Å². The van der Waals surface area contributed by atoms with Gasteiger partial charge in [0.1, 0.15) is 5.54 Å². The van der Waals surface area contributed by atoms with E-state index in [1.54, 1.807) is 20.9 Å². The number of hydrogen-bond acceptors (Lipinski definition) is 2. The SMILES string of the molecule is CN(C(=O)CC1CCCc2ccccc21)C(C)(C)C(=O)O. The lowest BCUT2D eigenvalue weighted by molar-refractivity contribution is -0.155. The first kappa shape index (κ1) is 15.5. The van der Waals surface area contributed by atoms with Crippen LogP contribution in [0.15, 0.2) is 24.3 Å². The summed E-state index contributed by atoms with van der Waals surface area (Å²) >= 11 is 0. The minimum absolute atomic E-state index is 0.107. The smallest absolute Gasteiger partial charge is 0.329 e. The summed E-state index contributed by atoms with van der Waals surface area (Å²) in [6, 6.07) is 8.25. The molecule has 0 fully saturated rings. The molecule has 1 atom stereocenters. The maximum absolute atomic E-state index is 12.4. The number of aryl methyl sites for hydroxylation is 1. The highest BCUT2D eigenvalue weighted by Crippen LogP contribution is 2.34. The van der Waals surface area contributed by atoms with Crippen molar-refractivity contribution in [1.29, 1.82) is 0 Å². The van der Waals surface area contributed by atoms with Crippen LogP contribution in [0.1, 0.15) is 50.2 Å². The first-order chi connectivity index (χ1) is 9.84. The Kier molecular flexibility index (Phi) is 4.35. The summed E-state index contributed by atoms with van der Waals surface area (Å²) in [5, 5.41) is 9.23. The van der Waals surface area contributed by atoms with Crippen LogP contribution in [0, 0.1) is 0 Å². The first-order valence-electron chi connectivity index (χ1n) is 7.42. The number of likely N-dealkylation sites (N-methyl/N-ethyl adjacent to an activating group) is 1. The van der Waals surface area contributed by atoms with Gasteiger partial charge in [-0.3, -0.25) is 4.79 Å². The molecule has 1 unspecified atom stereocenters. The number of benzene rings is 1. The molecule has 1 N–H and O–H groups in total. The van der Waals surface area contributed by atoms with Crippen molar-refractivity contribution in [3.05, 3.63) is 35.4 Å². The Labute approximate surface area is 125 Å². The molecular weight excluding hydrogens is 266 g/mol. The maximum atomic E-state index is 12.4. The second kappa shape index (κ2) is 5.88. The summed E-state index contributed by atoms with van der Waals surface area (Å²) in [5.41, 5.74) is 1.39. The summed E-state index contributed by atoms with van der Waals surface area (Å²) in [4.78, 5) is 25.1. The van der Waals surface area contributed by atoms with E-state index in [0.29, 0.717) is 6.42 Å². The number of carboxylic acids is 1. The molecule has 1 aromatic rings. The predicted molar refractivity (Wildman–Crippen MR) is 81.2 cm³/mol. The Bertz CT molecular complexity index is 551. The molecule has 1 aromatic carbocycles. The second-order valence-corrected chi connectivity index (χ2v) is 6.31. The molecule has 4 nitrogen and oxygen atoms in total. The molecule has 1 aliphatic rings. The lowest BCUT2D eigenvalue weighted by atomic mass is 9.80. The molecule has 21 heavy (non-hydrogen) atoms. The van der Waals surface area contributed by atoms with Crippen LogP contribution >= 0.6 is 0 Å². The van der Waals surface area contributed by atoms with Gasteiger partial charge in [-0.1, -0.05) is 24.3 Å². The molecule has 114 valence electrons. The van der Waals surface area contributed by atoms with E-state index in [4.69, 9.17) is 0 Å². The minimum Gasteiger partial charge on any atom is -0.480 e. The van der Waals surface area contributed by atoms with E-state index in [9.17, 15) is 14.7 Å². The minimum atomic E-state index is -1.18. The van der Waals surface area contributed by atoms with Crippen LogP contribution in [0.5, 0.6) is 0 Å². The number of amides is 1. The highest BCUT2D eigenvalue weighted by atomic mass is 16.4. The Morgan fingerprint density at radius 1 is 1.33 bits per heavy atom. The Morgan fingerprint density at radius 2 is 2.00 bits per heavy atom. The zero-order valence-electron chi connectivity index (χ0n) is 12.9. The van der Waals surface area contributed by atoms with E-state index in [0.717, 1.165) is 19.3 Å². The van der Waals surface area contributed by atoms with Gasteiger partial charge in [0, 0.05) is 13.5 Å². The first-order valence-corrected chi connectivity index (χ1v) is 7.42. The summed E-state index contributed by atoms with van der Waals surface area (Å²) in [6.07, 6.45) is 3.52. The van der Waals surface area contributed by atoms with Gasteiger partial charge < -0.3 is 10.0 Å². The number of carboxylic acid groups (broad SMARTS) is 1. The van der Waals surface area contributed by atoms with Crippen LogP contribution < -0.4 is 0 Å². The van der Waals surface area contributed by atoms with Gasteiger partial charge in [0.05, 0.1) is 0 Å². The third kappa shape index (κ3) is 3.09. The van der Waals surface area contributed by atoms with Gasteiger partial charge in [0.25, 0.3) is 0 Å². The van der Waals surface area contributed by atoms with E-state index in [1.807, 2.05) is 12.1 Å². The molecule has 0 saturated heterocycles. The van der Waals surface area contributed by atoms with Gasteiger partial charge in [-0.05, 0) is 50.2 Å². The summed E-state index contributed by atoms with van der Waals surface area (Å²) in [7, 11) is 1.57. The molecule has 4 heteroatoms. The van der Waals surface area contributed by atoms with Gasteiger partial charge in [-0.25, -0.2) is 4.79 Å². The molecule has 2 rings (SSSR count). The molecule has 0 aromatic heterocycles. The van der Waals surface area contributed by atoms with Crippen molar-refractivity contribution in [3.63, 3.8) is 0 Å². The topological polar surface area (TPSA) is 57.6 Å². The van der Waals surface area contributed by atoms with Crippen molar-refractivity contribution in [2.75, 3.05) is 7.05 Å². The summed E-state index contributed by atoms with van der Waals surface area (Å²) in [5.74, 6) is -0.888. The Balaban J connectivity index is 2.13. The quantitative estimate of drug-likeness (QED) is 0.927. The van der Waals surface area contributed by atoms with Crippen molar-refractivity contribution < 1.29 is 14.7 Å². The molecular formula is C17H23NO3. The van der Waals surface area contributed by atoms with Crippen molar-refractivity contribution >= 4 is 11.9 Å². The van der Waals surface area contributed by atoms with Gasteiger partial charge in [0.15, 0.2) is 0 Å². The summed E-state index contributed by atoms with van der Waals surface area (Å²) < 4.78 is 0. The van der Waals surface area contributed by atoms with Crippen LogP contribution in [0.25, 0.3) is 0 Å². The van der Waals surface area contributed by atoms with Crippen LogP contribution in [0.4, 0.5) is 0 Å². The predicted octanol–water partition coefficient (Wildman–Crippen LogP) is 2.82. The zero-order chi connectivity index (χ0) is 15.6. The molecule has 0 bridgehead atoms. The van der Waals surface area contributed by atoms with E-state index >= 15 is 0 Å². The molecule has 0 saturated carbocycles. The second-order valence-electron chi connectivity index (χ2n) is 6.31. The number of fused-ring (bicyclic) bond motifs is 1. The number of carbonyl (C=O) groups is 2. The summed E-state index contributed by atoms with van der Waals surface area (Å²) in [6.45, 7) is 3.12. The number of nitrogens with zero attached hydrogens (tertiary/aromatic N) is 1. The van der Waals surface area contributed by atoms with Crippen molar-refractivity contribution in [2.45, 2.75) is 51.0 Å². The zero-order valence-corrected chi connectivity index (χ0v) is 12.9. The van der Waals surface area contributed by atoms with Gasteiger partial charge >= 0.3 is 5.97 Å². The molecule has 0 aliphatic heterocycles. The maximum Gasteiger partial charge on any atom is 0.329 e.